The minimum absolute atomic E-state index is 0. The Morgan fingerprint density at radius 3 is 1.13 bits per heavy atom. The van der Waals surface area contributed by atoms with Gasteiger partial charge in [-0.3, -0.25) is 6.08 Å². The second-order valence-corrected chi connectivity index (χ2v) is 6.76. The van der Waals surface area contributed by atoms with E-state index in [0.29, 0.717) is 0 Å². The third kappa shape index (κ3) is 4.77. The van der Waals surface area contributed by atoms with Crippen molar-refractivity contribution >= 4 is 22.8 Å². The van der Waals surface area contributed by atoms with Gasteiger partial charge in [0.2, 0.25) is 0 Å². The van der Waals surface area contributed by atoms with E-state index in [1.807, 2.05) is 85.1 Å². The first kappa shape index (κ1) is 19.9. The molecule has 0 radical (unpaired) electrons. The third-order valence-corrected chi connectivity index (χ3v) is 4.50. The molecule has 0 aromatic rings. The molecule has 0 aromatic carbocycles. The summed E-state index contributed by atoms with van der Waals surface area (Å²) in [5.41, 5.74) is 7.15. The van der Waals surface area contributed by atoms with Crippen LogP contribution in [0.4, 0.5) is 0 Å². The Kier molecular flexibility index (Phi) is 5.94. The van der Waals surface area contributed by atoms with Gasteiger partial charge in [0.05, 0.1) is 45.6 Å². The molecule has 0 fully saturated rings. The first-order chi connectivity index (χ1) is 14.3. The third-order valence-electron chi connectivity index (χ3n) is 4.50. The van der Waals surface area contributed by atoms with Crippen molar-refractivity contribution in [2.24, 2.45) is 20.0 Å². The first-order valence-electron chi connectivity index (χ1n) is 9.46. The largest absolute Gasteiger partial charge is 0.273 e. The van der Waals surface area contributed by atoms with Crippen molar-refractivity contribution in [3.63, 3.8) is 0 Å². The molecule has 5 heterocycles. The molecule has 0 amide bonds. The van der Waals surface area contributed by atoms with E-state index < -0.39 is 0 Å². The predicted octanol–water partition coefficient (Wildman–Crippen LogP) is 4.88. The minimum Gasteiger partial charge on any atom is -0.273 e. The van der Waals surface area contributed by atoms with Crippen LogP contribution >= 0.6 is 0 Å². The minimum atomic E-state index is 0. The van der Waals surface area contributed by atoms with Crippen LogP contribution in [0.15, 0.2) is 134 Å². The molecule has 4 nitrogen and oxygen atoms in total. The van der Waals surface area contributed by atoms with Gasteiger partial charge in [0.1, 0.15) is 0 Å². The molecule has 0 spiro atoms. The standard InChI is InChI=1S/C20H12N4.C5H5.Fe/c1-2-14-10-16-5-6-18(23-16)12-20-8-7-19(24-20)11-17-4-3-15(22-17)9-13(1)21-14;1-2-4-5-3-1;/h1-12H;1-3H,4H2;/q;-1;. The molecule has 6 aliphatic rings. The quantitative estimate of drug-likeness (QED) is 0.389. The number of fused-ring (bicyclic) bond motifs is 4. The molecule has 0 aromatic heterocycles. The molecule has 0 unspecified atom stereocenters. The van der Waals surface area contributed by atoms with Crippen LogP contribution in [0, 0.1) is 6.08 Å². The summed E-state index contributed by atoms with van der Waals surface area (Å²) < 4.78 is 0. The van der Waals surface area contributed by atoms with Crippen molar-refractivity contribution in [2.45, 2.75) is 6.42 Å². The van der Waals surface area contributed by atoms with Crippen LogP contribution in [0.1, 0.15) is 6.42 Å². The van der Waals surface area contributed by atoms with Crippen LogP contribution in [-0.4, -0.2) is 22.8 Å². The van der Waals surface area contributed by atoms with E-state index >= 15 is 0 Å². The van der Waals surface area contributed by atoms with Crippen molar-refractivity contribution < 1.29 is 17.1 Å². The first-order valence-corrected chi connectivity index (χ1v) is 9.46. The Labute approximate surface area is 186 Å². The second-order valence-electron chi connectivity index (χ2n) is 6.76. The van der Waals surface area contributed by atoms with Crippen molar-refractivity contribution in [2.75, 3.05) is 0 Å². The topological polar surface area (TPSA) is 49.4 Å². The Hall–Kier alpha value is -3.40. The molecular weight excluding hydrogens is 412 g/mol. The molecule has 30 heavy (non-hydrogen) atoms. The second kappa shape index (κ2) is 8.95. The molecule has 146 valence electrons. The van der Waals surface area contributed by atoms with Gasteiger partial charge in [0.25, 0.3) is 0 Å². The molecule has 6 rings (SSSR count). The summed E-state index contributed by atoms with van der Waals surface area (Å²) in [5, 5.41) is 0. The van der Waals surface area contributed by atoms with Crippen molar-refractivity contribution in [3.05, 3.63) is 120 Å². The number of allylic oxidation sites excluding steroid dienone is 16. The molecule has 1 aliphatic carbocycles. The fourth-order valence-electron chi connectivity index (χ4n) is 3.17. The molecule has 0 saturated carbocycles. The van der Waals surface area contributed by atoms with E-state index in [1.165, 1.54) is 0 Å². The van der Waals surface area contributed by atoms with Gasteiger partial charge in [-0.1, -0.05) is 0 Å². The van der Waals surface area contributed by atoms with Crippen LogP contribution < -0.4 is 0 Å². The summed E-state index contributed by atoms with van der Waals surface area (Å²) in [6.45, 7) is 0. The summed E-state index contributed by atoms with van der Waals surface area (Å²) in [4.78, 5) is 18.4. The molecule has 0 N–H and O–H groups in total. The Morgan fingerprint density at radius 1 is 0.533 bits per heavy atom. The van der Waals surface area contributed by atoms with Gasteiger partial charge in [-0.15, -0.1) is 6.42 Å². The number of aliphatic imine (C=N–C) groups is 4. The number of rotatable bonds is 0. The normalized spacial score (nSPS) is 21.1. The average molecular weight is 429 g/mol. The number of nitrogens with zero attached hydrogens (tertiary/aromatic N) is 4. The fraction of sp³-hybridized carbons (Fsp3) is 0.0400. The van der Waals surface area contributed by atoms with Gasteiger partial charge < -0.3 is 0 Å². The molecule has 8 bridgehead atoms. The maximum atomic E-state index is 4.59. The number of hydrogen-bond acceptors (Lipinski definition) is 4. The molecular formula is C25H17FeN4-. The van der Waals surface area contributed by atoms with E-state index in [9.17, 15) is 0 Å². The molecule has 0 saturated heterocycles. The van der Waals surface area contributed by atoms with Crippen LogP contribution in [0.5, 0.6) is 0 Å². The van der Waals surface area contributed by atoms with Crippen LogP contribution in [0.25, 0.3) is 0 Å². The maximum Gasteiger partial charge on any atom is 0.0659 e. The maximum absolute atomic E-state index is 4.59. The smallest absolute Gasteiger partial charge is 0.0659 e. The average Bonchev–Trinajstić information content (AvgIpc) is 3.50. The van der Waals surface area contributed by atoms with Gasteiger partial charge in [-0.25, -0.2) is 32.1 Å². The Balaban J connectivity index is 0.000000321. The van der Waals surface area contributed by atoms with Gasteiger partial charge >= 0.3 is 0 Å². The van der Waals surface area contributed by atoms with Crippen LogP contribution in [-0.2, 0) is 17.1 Å². The van der Waals surface area contributed by atoms with E-state index in [-0.39, 0.29) is 17.1 Å². The number of hydrogen-bond donors (Lipinski definition) is 0. The van der Waals surface area contributed by atoms with E-state index in [2.05, 4.69) is 32.1 Å². The van der Waals surface area contributed by atoms with Crippen LogP contribution in [0.3, 0.4) is 0 Å². The molecule has 0 atom stereocenters. The van der Waals surface area contributed by atoms with Gasteiger partial charge in [-0.2, -0.15) is 6.08 Å². The van der Waals surface area contributed by atoms with Gasteiger partial charge in [-0.05, 0) is 72.9 Å². The summed E-state index contributed by atoms with van der Waals surface area (Å²) in [5.74, 6) is 0. The predicted molar refractivity (Wildman–Crippen MR) is 120 cm³/mol. The summed E-state index contributed by atoms with van der Waals surface area (Å²) >= 11 is 0. The Morgan fingerprint density at radius 2 is 0.900 bits per heavy atom. The molecule has 5 heteroatoms. The zero-order valence-electron chi connectivity index (χ0n) is 16.0. The van der Waals surface area contributed by atoms with E-state index in [0.717, 1.165) is 52.1 Å². The summed E-state index contributed by atoms with van der Waals surface area (Å²) in [6, 6.07) is 0. The van der Waals surface area contributed by atoms with E-state index in [1.54, 1.807) is 0 Å². The fourth-order valence-corrected chi connectivity index (χ4v) is 3.17. The zero-order chi connectivity index (χ0) is 19.5. The van der Waals surface area contributed by atoms with Crippen molar-refractivity contribution in [1.29, 1.82) is 0 Å². The zero-order valence-corrected chi connectivity index (χ0v) is 17.1. The van der Waals surface area contributed by atoms with Gasteiger partial charge in [0.15, 0.2) is 0 Å². The monoisotopic (exact) mass is 429 g/mol. The molecule has 5 aliphatic heterocycles. The van der Waals surface area contributed by atoms with E-state index in [4.69, 9.17) is 0 Å². The van der Waals surface area contributed by atoms with Crippen LogP contribution in [0.2, 0.25) is 0 Å². The van der Waals surface area contributed by atoms with Crippen molar-refractivity contribution in [3.8, 4) is 0 Å². The summed E-state index contributed by atoms with van der Waals surface area (Å²) in [6.07, 6.45) is 33.8. The summed E-state index contributed by atoms with van der Waals surface area (Å²) in [7, 11) is 0. The Bertz CT molecular complexity index is 1010. The SMILES string of the molecule is C1=CC2=NC1=CC1=NC(=CC3=NC(=CC4=NC(=C2)C=C4)C=C3)C=C1.[C-]1=CC=CC1.[Fe]. The van der Waals surface area contributed by atoms with Crippen molar-refractivity contribution in [1.82, 2.24) is 0 Å². The van der Waals surface area contributed by atoms with Gasteiger partial charge in [0, 0.05) is 17.1 Å².